The number of benzene rings is 1. The van der Waals surface area contributed by atoms with Gasteiger partial charge in [-0.05, 0) is 35.2 Å². The van der Waals surface area contributed by atoms with Crippen molar-refractivity contribution in [3.05, 3.63) is 47.2 Å². The van der Waals surface area contributed by atoms with Gasteiger partial charge in [-0.3, -0.25) is 0 Å². The van der Waals surface area contributed by atoms with Gasteiger partial charge in [0.1, 0.15) is 0 Å². The summed E-state index contributed by atoms with van der Waals surface area (Å²) in [6.07, 6.45) is 4.15. The number of nitrogens with zero attached hydrogens (tertiary/aromatic N) is 1. The lowest BCUT2D eigenvalue weighted by Crippen LogP contribution is -1.75. The van der Waals surface area contributed by atoms with E-state index in [1.54, 1.807) is 0 Å². The van der Waals surface area contributed by atoms with E-state index in [1.165, 1.54) is 4.90 Å². The monoisotopic (exact) mass is 219 g/mol. The molecule has 1 aromatic carbocycles. The summed E-state index contributed by atoms with van der Waals surface area (Å²) >= 11 is 4.62. The number of hydrogen-bond donors (Lipinski definition) is 1. The molecule has 0 aliphatic carbocycles. The number of allylic oxidation sites excluding steroid dienone is 2. The van der Waals surface area contributed by atoms with Crippen LogP contribution in [0.3, 0.4) is 0 Å². The van der Waals surface area contributed by atoms with Crippen molar-refractivity contribution in [1.29, 1.82) is 0 Å². The molecule has 1 aliphatic rings. The van der Waals surface area contributed by atoms with Gasteiger partial charge in [-0.25, -0.2) is 0 Å². The summed E-state index contributed by atoms with van der Waals surface area (Å²) in [4.78, 5) is 5.31. The van der Waals surface area contributed by atoms with Crippen molar-refractivity contribution in [2.24, 2.45) is 4.99 Å². The lowest BCUT2D eigenvalue weighted by molar-refractivity contribution is 1.39. The molecule has 0 N–H and O–H groups in total. The van der Waals surface area contributed by atoms with Gasteiger partial charge in [0, 0.05) is 4.90 Å². The van der Waals surface area contributed by atoms with Crippen LogP contribution in [-0.4, -0.2) is 5.16 Å². The molecule has 70 valence electrons. The van der Waals surface area contributed by atoms with E-state index in [0.29, 0.717) is 0 Å². The third-order valence-electron chi connectivity index (χ3n) is 1.93. The SMILES string of the molecule is S=C=Nc1ccccc1[SH]1C=CC=C1. The average Bonchev–Trinajstić information content (AvgIpc) is 2.72. The van der Waals surface area contributed by atoms with E-state index >= 15 is 0 Å². The normalized spacial score (nSPS) is 15.6. The number of hydrogen-bond acceptors (Lipinski definition) is 2. The van der Waals surface area contributed by atoms with Crippen molar-refractivity contribution in [2.45, 2.75) is 4.90 Å². The van der Waals surface area contributed by atoms with Gasteiger partial charge in [0.25, 0.3) is 0 Å². The summed E-state index contributed by atoms with van der Waals surface area (Å²) in [5, 5.41) is 6.82. The molecule has 0 saturated carbocycles. The molecular weight excluding hydrogens is 210 g/mol. The van der Waals surface area contributed by atoms with Gasteiger partial charge in [-0.15, -0.1) is 0 Å². The van der Waals surface area contributed by atoms with Crippen LogP contribution in [0.25, 0.3) is 0 Å². The topological polar surface area (TPSA) is 12.4 Å². The Morgan fingerprint density at radius 3 is 2.57 bits per heavy atom. The van der Waals surface area contributed by atoms with Gasteiger partial charge in [0.15, 0.2) is 0 Å². The zero-order chi connectivity index (χ0) is 9.80. The minimum Gasteiger partial charge on any atom is -0.194 e. The number of para-hydroxylation sites is 1. The fraction of sp³-hybridized carbons (Fsp3) is 0. The predicted octanol–water partition coefficient (Wildman–Crippen LogP) is 3.82. The third-order valence-corrected chi connectivity index (χ3v) is 3.94. The number of rotatable bonds is 2. The zero-order valence-electron chi connectivity index (χ0n) is 7.42. The third kappa shape index (κ3) is 1.85. The maximum absolute atomic E-state index is 4.62. The molecule has 0 spiro atoms. The first-order chi connectivity index (χ1) is 6.92. The molecule has 14 heavy (non-hydrogen) atoms. The molecule has 0 amide bonds. The van der Waals surface area contributed by atoms with Crippen molar-refractivity contribution in [3.63, 3.8) is 0 Å². The second-order valence-corrected chi connectivity index (χ2v) is 4.86. The molecule has 1 aromatic rings. The van der Waals surface area contributed by atoms with E-state index in [2.05, 4.69) is 51.4 Å². The lowest BCUT2D eigenvalue weighted by Gasteiger charge is -2.11. The summed E-state index contributed by atoms with van der Waals surface area (Å²) in [5.41, 5.74) is 0.935. The Morgan fingerprint density at radius 2 is 1.86 bits per heavy atom. The van der Waals surface area contributed by atoms with Gasteiger partial charge in [-0.1, -0.05) is 24.3 Å². The smallest absolute Gasteiger partial charge is 0.0863 e. The highest BCUT2D eigenvalue weighted by atomic mass is 32.2. The predicted molar refractivity (Wildman–Crippen MR) is 66.7 cm³/mol. The zero-order valence-corrected chi connectivity index (χ0v) is 9.13. The molecule has 0 unspecified atom stereocenters. The quantitative estimate of drug-likeness (QED) is 0.453. The minimum absolute atomic E-state index is 0.314. The van der Waals surface area contributed by atoms with E-state index in [-0.39, 0.29) is 10.9 Å². The number of thiol groups is 1. The van der Waals surface area contributed by atoms with Crippen LogP contribution < -0.4 is 0 Å². The first-order valence-corrected chi connectivity index (χ1v) is 6.11. The molecule has 0 bridgehead atoms. The van der Waals surface area contributed by atoms with Crippen LogP contribution in [0.4, 0.5) is 5.69 Å². The second kappa shape index (κ2) is 4.38. The Hall–Kier alpha value is -1.15. The van der Waals surface area contributed by atoms with Crippen LogP contribution in [0, 0.1) is 0 Å². The van der Waals surface area contributed by atoms with Crippen LogP contribution in [-0.2, 0) is 0 Å². The summed E-state index contributed by atoms with van der Waals surface area (Å²) in [7, 11) is -0.314. The highest BCUT2D eigenvalue weighted by molar-refractivity contribution is 8.22. The molecule has 0 atom stereocenters. The summed E-state index contributed by atoms with van der Waals surface area (Å²) in [5.74, 6) is 0. The Balaban J connectivity index is 2.45. The molecule has 0 saturated heterocycles. The molecule has 3 heteroatoms. The standard InChI is InChI=1S/C11H9NS2/c13-9-12-10-5-1-2-6-11(10)14-7-3-4-8-14/h1-8,14H. The number of aliphatic imine (C=N–C) groups is 1. The van der Waals surface area contributed by atoms with Crippen molar-refractivity contribution in [2.75, 3.05) is 0 Å². The van der Waals surface area contributed by atoms with Crippen LogP contribution in [0.2, 0.25) is 0 Å². The fourth-order valence-corrected chi connectivity index (χ4v) is 3.06. The maximum Gasteiger partial charge on any atom is 0.0863 e. The second-order valence-electron chi connectivity index (χ2n) is 2.78. The highest BCUT2D eigenvalue weighted by Crippen LogP contribution is 2.46. The molecular formula is C11H9NS2. The summed E-state index contributed by atoms with van der Waals surface area (Å²) in [6.45, 7) is 0. The largest absolute Gasteiger partial charge is 0.194 e. The van der Waals surface area contributed by atoms with Gasteiger partial charge in [0.05, 0.1) is 10.8 Å². The van der Waals surface area contributed by atoms with Gasteiger partial charge in [0.2, 0.25) is 0 Å². The Morgan fingerprint density at radius 1 is 1.14 bits per heavy atom. The average molecular weight is 219 g/mol. The molecule has 1 heterocycles. The fourth-order valence-electron chi connectivity index (χ4n) is 1.32. The van der Waals surface area contributed by atoms with Gasteiger partial charge in [-0.2, -0.15) is 15.9 Å². The molecule has 2 rings (SSSR count). The first kappa shape index (κ1) is 9.41. The van der Waals surface area contributed by atoms with Crippen LogP contribution in [0.5, 0.6) is 0 Å². The molecule has 0 radical (unpaired) electrons. The van der Waals surface area contributed by atoms with E-state index in [1.807, 2.05) is 18.2 Å². The van der Waals surface area contributed by atoms with E-state index < -0.39 is 0 Å². The van der Waals surface area contributed by atoms with E-state index in [4.69, 9.17) is 0 Å². The lowest BCUT2D eigenvalue weighted by atomic mass is 10.3. The minimum atomic E-state index is -0.314. The first-order valence-electron chi connectivity index (χ1n) is 4.22. The van der Waals surface area contributed by atoms with Crippen LogP contribution in [0.15, 0.2) is 57.1 Å². The van der Waals surface area contributed by atoms with Crippen molar-refractivity contribution in [3.8, 4) is 0 Å². The van der Waals surface area contributed by atoms with Crippen molar-refractivity contribution >= 4 is 34.0 Å². The van der Waals surface area contributed by atoms with E-state index in [9.17, 15) is 0 Å². The van der Waals surface area contributed by atoms with Crippen LogP contribution in [0.1, 0.15) is 0 Å². The van der Waals surface area contributed by atoms with Crippen LogP contribution >= 0.6 is 23.1 Å². The maximum atomic E-state index is 4.62. The number of thiocarbonyl (C=S) groups is 1. The molecule has 0 aromatic heterocycles. The van der Waals surface area contributed by atoms with E-state index in [0.717, 1.165) is 5.69 Å². The van der Waals surface area contributed by atoms with Crippen molar-refractivity contribution in [1.82, 2.24) is 0 Å². The van der Waals surface area contributed by atoms with Crippen molar-refractivity contribution < 1.29 is 0 Å². The van der Waals surface area contributed by atoms with Gasteiger partial charge < -0.3 is 0 Å². The molecule has 0 fully saturated rings. The summed E-state index contributed by atoms with van der Waals surface area (Å²) < 4.78 is 0. The number of isothiocyanates is 1. The Labute approximate surface area is 91.2 Å². The molecule has 1 nitrogen and oxygen atoms in total. The van der Waals surface area contributed by atoms with Gasteiger partial charge >= 0.3 is 0 Å². The Bertz CT molecular complexity index is 430. The Kier molecular flexibility index (Phi) is 2.94. The summed E-state index contributed by atoms with van der Waals surface area (Å²) in [6, 6.07) is 8.06. The highest BCUT2D eigenvalue weighted by Gasteiger charge is 2.06. The molecule has 1 aliphatic heterocycles.